The van der Waals surface area contributed by atoms with E-state index in [-0.39, 0.29) is 0 Å². The van der Waals surface area contributed by atoms with Crippen LogP contribution in [0.1, 0.15) is 0 Å². The van der Waals surface area contributed by atoms with Gasteiger partial charge in [0.2, 0.25) is 0 Å². The summed E-state index contributed by atoms with van der Waals surface area (Å²) >= 11 is 1.81. The molecule has 0 aliphatic carbocycles. The molecule has 57 heavy (non-hydrogen) atoms. The number of rotatable bonds is 5. The summed E-state index contributed by atoms with van der Waals surface area (Å²) in [5.41, 5.74) is 9.72. The Balaban J connectivity index is 1.01. The number of fused-ring (bicyclic) bond motifs is 9. The second-order valence-electron chi connectivity index (χ2n) is 14.5. The van der Waals surface area contributed by atoms with Crippen molar-refractivity contribution in [2.45, 2.75) is 0 Å². The Labute approximate surface area is 331 Å². The van der Waals surface area contributed by atoms with Crippen molar-refractivity contribution in [2.24, 2.45) is 0 Å². The van der Waals surface area contributed by atoms with E-state index in [4.69, 9.17) is 15.0 Å². The van der Waals surface area contributed by atoms with Gasteiger partial charge in [-0.3, -0.25) is 0 Å². The van der Waals surface area contributed by atoms with Crippen LogP contribution in [-0.2, 0) is 0 Å². The molecule has 6 heteroatoms. The third-order valence-electron chi connectivity index (χ3n) is 11.2. The van der Waals surface area contributed by atoms with Gasteiger partial charge in [0, 0.05) is 69.8 Å². The van der Waals surface area contributed by atoms with Crippen LogP contribution in [0.15, 0.2) is 188 Å². The highest BCUT2D eigenvalue weighted by Crippen LogP contribution is 2.39. The normalized spacial score (nSPS) is 11.9. The van der Waals surface area contributed by atoms with Gasteiger partial charge in [-0.05, 0) is 78.9 Å². The molecule has 0 aliphatic rings. The molecule has 0 N–H and O–H groups in total. The first-order valence-corrected chi connectivity index (χ1v) is 19.9. The van der Waals surface area contributed by atoms with Crippen molar-refractivity contribution in [3.8, 4) is 45.5 Å². The van der Waals surface area contributed by atoms with Crippen LogP contribution in [0, 0.1) is 0 Å². The predicted molar refractivity (Wildman–Crippen MR) is 238 cm³/mol. The van der Waals surface area contributed by atoms with Gasteiger partial charge in [0.15, 0.2) is 17.5 Å². The van der Waals surface area contributed by atoms with Crippen molar-refractivity contribution in [1.29, 1.82) is 0 Å². The summed E-state index contributed by atoms with van der Waals surface area (Å²) in [4.78, 5) is 15.2. The summed E-state index contributed by atoms with van der Waals surface area (Å²) in [5.74, 6) is 1.94. The van der Waals surface area contributed by atoms with Gasteiger partial charge >= 0.3 is 0 Å². The molecule has 0 saturated carbocycles. The molecular formula is C51H31N5S. The van der Waals surface area contributed by atoms with E-state index in [1.54, 1.807) is 0 Å². The van der Waals surface area contributed by atoms with Gasteiger partial charge in [-0.1, -0.05) is 109 Å². The molecule has 4 aromatic heterocycles. The summed E-state index contributed by atoms with van der Waals surface area (Å²) in [5, 5.41) is 7.40. The maximum Gasteiger partial charge on any atom is 0.164 e. The lowest BCUT2D eigenvalue weighted by Crippen LogP contribution is -2.00. The molecule has 0 amide bonds. The standard InChI is InChI=1S/C51H31N5S/c1-2-12-32(13-3-1)49-52-50(54-51(53-49)34-24-29-48-42(30-34)41-17-7-11-21-47(41)57-48)33-22-25-35(26-23-33)55-43-18-8-6-16-39(43)40-28-27-36(31-46(40)55)56-44-19-9-4-14-37(44)38-15-5-10-20-45(38)56/h1-31H. The van der Waals surface area contributed by atoms with Crippen molar-refractivity contribution < 1.29 is 0 Å². The molecule has 0 aliphatic heterocycles. The smallest absolute Gasteiger partial charge is 0.164 e. The second-order valence-corrected chi connectivity index (χ2v) is 15.5. The lowest BCUT2D eigenvalue weighted by molar-refractivity contribution is 1.07. The lowest BCUT2D eigenvalue weighted by Gasteiger charge is -2.12. The molecule has 8 aromatic carbocycles. The first kappa shape index (κ1) is 31.9. The average Bonchev–Trinajstić information content (AvgIpc) is 3.94. The molecule has 0 saturated heterocycles. The number of hydrogen-bond acceptors (Lipinski definition) is 4. The van der Waals surface area contributed by atoms with E-state index in [1.807, 2.05) is 29.5 Å². The minimum Gasteiger partial charge on any atom is -0.309 e. The summed E-state index contributed by atoms with van der Waals surface area (Å²) in [6.07, 6.45) is 0. The highest BCUT2D eigenvalue weighted by atomic mass is 32.1. The van der Waals surface area contributed by atoms with Crippen LogP contribution in [0.2, 0.25) is 0 Å². The molecule has 266 valence electrons. The summed E-state index contributed by atoms with van der Waals surface area (Å²) in [6, 6.07) is 66.8. The molecule has 0 spiro atoms. The third kappa shape index (κ3) is 5.04. The number of hydrogen-bond donors (Lipinski definition) is 0. The topological polar surface area (TPSA) is 48.5 Å². The van der Waals surface area contributed by atoms with Crippen molar-refractivity contribution >= 4 is 75.1 Å². The van der Waals surface area contributed by atoms with E-state index in [1.165, 1.54) is 52.8 Å². The number of aromatic nitrogens is 5. The average molecular weight is 746 g/mol. The van der Waals surface area contributed by atoms with Gasteiger partial charge in [0.25, 0.3) is 0 Å². The molecule has 0 radical (unpaired) electrons. The van der Waals surface area contributed by atoms with Crippen LogP contribution in [0.25, 0.3) is 109 Å². The maximum atomic E-state index is 5.12. The molecule has 5 nitrogen and oxygen atoms in total. The monoisotopic (exact) mass is 745 g/mol. The molecule has 0 unspecified atom stereocenters. The van der Waals surface area contributed by atoms with E-state index >= 15 is 0 Å². The highest BCUT2D eigenvalue weighted by Gasteiger charge is 2.18. The van der Waals surface area contributed by atoms with E-state index < -0.39 is 0 Å². The van der Waals surface area contributed by atoms with Crippen LogP contribution in [0.5, 0.6) is 0 Å². The Kier molecular flexibility index (Phi) is 7.03. The Hall–Kier alpha value is -7.41. The zero-order chi connectivity index (χ0) is 37.5. The maximum absolute atomic E-state index is 5.12. The van der Waals surface area contributed by atoms with Crippen molar-refractivity contribution in [1.82, 2.24) is 24.1 Å². The minimum absolute atomic E-state index is 0.636. The molecule has 0 fully saturated rings. The van der Waals surface area contributed by atoms with Gasteiger partial charge in [0.05, 0.1) is 22.1 Å². The van der Waals surface area contributed by atoms with E-state index in [9.17, 15) is 0 Å². The number of benzene rings is 8. The van der Waals surface area contributed by atoms with Crippen LogP contribution in [0.4, 0.5) is 0 Å². The predicted octanol–water partition coefficient (Wildman–Crippen LogP) is 13.4. The molecule has 0 atom stereocenters. The van der Waals surface area contributed by atoms with Crippen molar-refractivity contribution in [3.63, 3.8) is 0 Å². The van der Waals surface area contributed by atoms with E-state index in [0.29, 0.717) is 17.5 Å². The summed E-state index contributed by atoms with van der Waals surface area (Å²) in [7, 11) is 0. The fourth-order valence-electron chi connectivity index (χ4n) is 8.55. The van der Waals surface area contributed by atoms with Crippen molar-refractivity contribution in [2.75, 3.05) is 0 Å². The number of nitrogens with zero attached hydrogens (tertiary/aromatic N) is 5. The van der Waals surface area contributed by atoms with E-state index in [2.05, 4.69) is 179 Å². The molecule has 4 heterocycles. The first-order chi connectivity index (χ1) is 28.2. The fourth-order valence-corrected chi connectivity index (χ4v) is 9.64. The van der Waals surface area contributed by atoms with Gasteiger partial charge in [-0.25, -0.2) is 15.0 Å². The van der Waals surface area contributed by atoms with Crippen LogP contribution in [0.3, 0.4) is 0 Å². The van der Waals surface area contributed by atoms with E-state index in [0.717, 1.165) is 39.1 Å². The summed E-state index contributed by atoms with van der Waals surface area (Å²) in [6.45, 7) is 0. The Bertz CT molecular complexity index is 3470. The van der Waals surface area contributed by atoms with Gasteiger partial charge in [-0.2, -0.15) is 0 Å². The highest BCUT2D eigenvalue weighted by molar-refractivity contribution is 7.25. The SMILES string of the molecule is c1ccc(-c2nc(-c3ccc(-n4c5ccccc5c5ccc(-n6c7ccccc7c7ccccc76)cc54)cc3)nc(-c3ccc4sc5ccccc5c4c3)n2)cc1. The van der Waals surface area contributed by atoms with Gasteiger partial charge < -0.3 is 9.13 Å². The molecular weight excluding hydrogens is 715 g/mol. The quantitative estimate of drug-likeness (QED) is 0.176. The molecule has 12 rings (SSSR count). The Morgan fingerprint density at radius 1 is 0.298 bits per heavy atom. The first-order valence-electron chi connectivity index (χ1n) is 19.1. The van der Waals surface area contributed by atoms with Gasteiger partial charge in [-0.15, -0.1) is 11.3 Å². The summed E-state index contributed by atoms with van der Waals surface area (Å²) < 4.78 is 7.29. The fraction of sp³-hybridized carbons (Fsp3) is 0. The minimum atomic E-state index is 0.636. The molecule has 12 aromatic rings. The van der Waals surface area contributed by atoms with Gasteiger partial charge in [0.1, 0.15) is 0 Å². The molecule has 0 bridgehead atoms. The Morgan fingerprint density at radius 2 is 0.754 bits per heavy atom. The van der Waals surface area contributed by atoms with Crippen LogP contribution in [-0.4, -0.2) is 24.1 Å². The van der Waals surface area contributed by atoms with Crippen molar-refractivity contribution in [3.05, 3.63) is 188 Å². The zero-order valence-electron chi connectivity index (χ0n) is 30.5. The number of thiophene rings is 1. The lowest BCUT2D eigenvalue weighted by atomic mass is 10.1. The largest absolute Gasteiger partial charge is 0.309 e. The Morgan fingerprint density at radius 3 is 1.40 bits per heavy atom. The number of para-hydroxylation sites is 3. The van der Waals surface area contributed by atoms with Crippen LogP contribution < -0.4 is 0 Å². The second kappa shape index (κ2) is 12.6. The van der Waals surface area contributed by atoms with Crippen LogP contribution >= 0.6 is 11.3 Å². The third-order valence-corrected chi connectivity index (χ3v) is 12.3. The zero-order valence-corrected chi connectivity index (χ0v) is 31.4.